The molecule has 0 bridgehead atoms. The summed E-state index contributed by atoms with van der Waals surface area (Å²) in [5.74, 6) is -0.264. The van der Waals surface area contributed by atoms with Crippen LogP contribution in [0.25, 0.3) is 0 Å². The zero-order valence-corrected chi connectivity index (χ0v) is 17.4. The molecule has 0 saturated heterocycles. The van der Waals surface area contributed by atoms with Gasteiger partial charge in [-0.25, -0.2) is 0 Å². The topological polar surface area (TPSA) is 58.2 Å². The molecule has 0 fully saturated rings. The molecule has 0 heterocycles. The van der Waals surface area contributed by atoms with E-state index in [-0.39, 0.29) is 17.7 Å². The van der Waals surface area contributed by atoms with E-state index in [1.54, 1.807) is 18.2 Å². The Morgan fingerprint density at radius 2 is 1.82 bits per heavy atom. The third-order valence-corrected chi connectivity index (χ3v) is 5.13. The van der Waals surface area contributed by atoms with Crippen molar-refractivity contribution >= 4 is 29.1 Å². The molecule has 28 heavy (non-hydrogen) atoms. The Labute approximate surface area is 172 Å². The Balaban J connectivity index is 1.97. The van der Waals surface area contributed by atoms with Gasteiger partial charge in [0.05, 0.1) is 10.7 Å². The molecule has 0 aliphatic rings. The maximum absolute atomic E-state index is 12.5. The molecule has 1 atom stereocenters. The second-order valence-corrected chi connectivity index (χ2v) is 7.33. The van der Waals surface area contributed by atoms with Crippen molar-refractivity contribution in [2.24, 2.45) is 5.92 Å². The number of carbonyl (C=O) groups excluding carboxylic acids is 2. The summed E-state index contributed by atoms with van der Waals surface area (Å²) in [5.41, 5.74) is 2.14. The SMILES string of the molecule is CCCCC(CC)C(=O)Nc1cc(C(=O)NCCc2ccccc2)ccc1Cl. The molecule has 2 N–H and O–H groups in total. The average Bonchev–Trinajstić information content (AvgIpc) is 2.71. The van der Waals surface area contributed by atoms with Crippen LogP contribution in [0.5, 0.6) is 0 Å². The number of hydrogen-bond donors (Lipinski definition) is 2. The molecule has 0 aliphatic carbocycles. The van der Waals surface area contributed by atoms with Gasteiger partial charge in [0.15, 0.2) is 0 Å². The molecule has 2 aromatic carbocycles. The number of unbranched alkanes of at least 4 members (excludes halogenated alkanes) is 1. The summed E-state index contributed by atoms with van der Waals surface area (Å²) < 4.78 is 0. The molecular formula is C23H29ClN2O2. The van der Waals surface area contributed by atoms with Crippen LogP contribution in [0.1, 0.15) is 55.5 Å². The minimum absolute atomic E-state index is 0.0421. The first-order chi connectivity index (χ1) is 13.5. The van der Waals surface area contributed by atoms with Crippen LogP contribution < -0.4 is 10.6 Å². The lowest BCUT2D eigenvalue weighted by atomic mass is 9.98. The van der Waals surface area contributed by atoms with Gasteiger partial charge in [0.2, 0.25) is 5.91 Å². The van der Waals surface area contributed by atoms with Crippen molar-refractivity contribution in [3.63, 3.8) is 0 Å². The van der Waals surface area contributed by atoms with E-state index < -0.39 is 0 Å². The average molecular weight is 401 g/mol. The predicted octanol–water partition coefficient (Wildman–Crippen LogP) is 5.47. The highest BCUT2D eigenvalue weighted by Gasteiger charge is 2.18. The number of carbonyl (C=O) groups is 2. The fourth-order valence-corrected chi connectivity index (χ4v) is 3.20. The van der Waals surface area contributed by atoms with Crippen molar-refractivity contribution < 1.29 is 9.59 Å². The molecule has 2 aromatic rings. The van der Waals surface area contributed by atoms with Gasteiger partial charge in [0, 0.05) is 18.0 Å². The van der Waals surface area contributed by atoms with Gasteiger partial charge < -0.3 is 10.6 Å². The molecule has 0 saturated carbocycles. The third kappa shape index (κ3) is 6.68. The van der Waals surface area contributed by atoms with Gasteiger partial charge in [-0.3, -0.25) is 9.59 Å². The fourth-order valence-electron chi connectivity index (χ4n) is 3.04. The maximum Gasteiger partial charge on any atom is 0.251 e. The van der Waals surface area contributed by atoms with Crippen molar-refractivity contribution in [1.82, 2.24) is 5.32 Å². The number of nitrogens with one attached hydrogen (secondary N) is 2. The van der Waals surface area contributed by atoms with E-state index in [1.165, 1.54) is 5.56 Å². The highest BCUT2D eigenvalue weighted by Crippen LogP contribution is 2.25. The van der Waals surface area contributed by atoms with Crippen LogP contribution in [0, 0.1) is 5.92 Å². The van der Waals surface area contributed by atoms with Gasteiger partial charge in [0.1, 0.15) is 0 Å². The Morgan fingerprint density at radius 1 is 1.07 bits per heavy atom. The van der Waals surface area contributed by atoms with Crippen molar-refractivity contribution in [3.8, 4) is 0 Å². The summed E-state index contributed by atoms with van der Waals surface area (Å²) in [7, 11) is 0. The van der Waals surface area contributed by atoms with Gasteiger partial charge in [-0.1, -0.05) is 68.6 Å². The number of halogens is 1. The third-order valence-electron chi connectivity index (χ3n) is 4.80. The molecule has 150 valence electrons. The normalized spacial score (nSPS) is 11.7. The van der Waals surface area contributed by atoms with E-state index in [2.05, 4.69) is 17.6 Å². The minimum atomic E-state index is -0.180. The minimum Gasteiger partial charge on any atom is -0.352 e. The van der Waals surface area contributed by atoms with Gasteiger partial charge in [-0.2, -0.15) is 0 Å². The number of amides is 2. The fraction of sp³-hybridized carbons (Fsp3) is 0.391. The van der Waals surface area contributed by atoms with Crippen molar-refractivity contribution in [1.29, 1.82) is 0 Å². The Bertz CT molecular complexity index is 777. The zero-order chi connectivity index (χ0) is 20.4. The smallest absolute Gasteiger partial charge is 0.251 e. The van der Waals surface area contributed by atoms with Crippen LogP contribution in [0.15, 0.2) is 48.5 Å². The van der Waals surface area contributed by atoms with Crippen molar-refractivity contribution in [2.45, 2.75) is 46.0 Å². The van der Waals surface area contributed by atoms with Gasteiger partial charge >= 0.3 is 0 Å². The highest BCUT2D eigenvalue weighted by atomic mass is 35.5. The molecule has 0 radical (unpaired) electrons. The van der Waals surface area contributed by atoms with E-state index in [0.717, 1.165) is 32.1 Å². The molecule has 0 spiro atoms. The van der Waals surface area contributed by atoms with Crippen LogP contribution in [-0.2, 0) is 11.2 Å². The molecule has 1 unspecified atom stereocenters. The van der Waals surface area contributed by atoms with Crippen molar-refractivity contribution in [3.05, 3.63) is 64.7 Å². The summed E-state index contributed by atoms with van der Waals surface area (Å²) in [6.45, 7) is 4.67. The van der Waals surface area contributed by atoms with Crippen LogP contribution >= 0.6 is 11.6 Å². The second kappa shape index (κ2) is 11.5. The Kier molecular flexibility index (Phi) is 9.02. The van der Waals surface area contributed by atoms with Gasteiger partial charge in [-0.15, -0.1) is 0 Å². The van der Waals surface area contributed by atoms with Crippen molar-refractivity contribution in [2.75, 3.05) is 11.9 Å². The number of rotatable bonds is 10. The van der Waals surface area contributed by atoms with Gasteiger partial charge in [0.25, 0.3) is 5.91 Å². The predicted molar refractivity (Wildman–Crippen MR) is 116 cm³/mol. The molecule has 5 heteroatoms. The molecule has 2 amide bonds. The Morgan fingerprint density at radius 3 is 2.50 bits per heavy atom. The first kappa shape index (κ1) is 22.0. The standard InChI is InChI=1S/C23H29ClN2O2/c1-3-5-11-18(4-2)23(28)26-21-16-19(12-13-20(21)24)22(27)25-15-14-17-9-7-6-8-10-17/h6-10,12-13,16,18H,3-5,11,14-15H2,1-2H3,(H,25,27)(H,26,28). The molecule has 4 nitrogen and oxygen atoms in total. The quantitative estimate of drug-likeness (QED) is 0.555. The van der Waals surface area contributed by atoms with Crippen LogP contribution in [-0.4, -0.2) is 18.4 Å². The molecular weight excluding hydrogens is 372 g/mol. The van der Waals surface area contributed by atoms with E-state index in [1.807, 2.05) is 37.3 Å². The highest BCUT2D eigenvalue weighted by molar-refractivity contribution is 6.33. The van der Waals surface area contributed by atoms with E-state index in [4.69, 9.17) is 11.6 Å². The van der Waals surface area contributed by atoms with E-state index in [9.17, 15) is 9.59 Å². The maximum atomic E-state index is 12.5. The summed E-state index contributed by atoms with van der Waals surface area (Å²) >= 11 is 6.24. The summed E-state index contributed by atoms with van der Waals surface area (Å²) in [4.78, 5) is 25.0. The zero-order valence-electron chi connectivity index (χ0n) is 16.6. The van der Waals surface area contributed by atoms with Crippen LogP contribution in [0.3, 0.4) is 0 Å². The number of hydrogen-bond acceptors (Lipinski definition) is 2. The number of anilines is 1. The summed E-state index contributed by atoms with van der Waals surface area (Å²) in [5, 5.41) is 6.24. The summed E-state index contributed by atoms with van der Waals surface area (Å²) in [6, 6.07) is 15.0. The molecule has 0 aliphatic heterocycles. The van der Waals surface area contributed by atoms with E-state index in [0.29, 0.717) is 22.8 Å². The van der Waals surface area contributed by atoms with E-state index >= 15 is 0 Å². The second-order valence-electron chi connectivity index (χ2n) is 6.92. The van der Waals surface area contributed by atoms with Crippen LogP contribution in [0.2, 0.25) is 5.02 Å². The monoisotopic (exact) mass is 400 g/mol. The summed E-state index contributed by atoms with van der Waals surface area (Å²) in [6.07, 6.45) is 4.48. The van der Waals surface area contributed by atoms with Gasteiger partial charge in [-0.05, 0) is 43.0 Å². The first-order valence-electron chi connectivity index (χ1n) is 9.97. The largest absolute Gasteiger partial charge is 0.352 e. The lowest BCUT2D eigenvalue weighted by Gasteiger charge is -2.16. The lowest BCUT2D eigenvalue weighted by Crippen LogP contribution is -2.26. The number of benzene rings is 2. The Hall–Kier alpha value is -2.33. The molecule has 2 rings (SSSR count). The first-order valence-corrected chi connectivity index (χ1v) is 10.4. The molecule has 0 aromatic heterocycles. The van der Waals surface area contributed by atoms with Crippen LogP contribution in [0.4, 0.5) is 5.69 Å². The lowest BCUT2D eigenvalue weighted by molar-refractivity contribution is -0.120.